The molecule has 31 heavy (non-hydrogen) atoms. The molecular weight excluding hydrogens is 394 g/mol. The summed E-state index contributed by atoms with van der Waals surface area (Å²) < 4.78 is 13.3. The Morgan fingerprint density at radius 3 is 2.71 bits per heavy atom. The molecule has 2 aromatic carbocycles. The third kappa shape index (κ3) is 3.74. The summed E-state index contributed by atoms with van der Waals surface area (Å²) in [6.07, 6.45) is 4.53. The number of carbonyl (C=O) groups excluding carboxylic acids is 1. The number of pyridine rings is 1. The van der Waals surface area contributed by atoms with Crippen LogP contribution in [0.5, 0.6) is 5.75 Å². The lowest BCUT2D eigenvalue weighted by molar-refractivity contribution is 0.0995. The molecule has 8 nitrogen and oxygen atoms in total. The highest BCUT2D eigenvalue weighted by atomic mass is 16.5. The molecule has 8 heteroatoms. The smallest absolute Gasteiger partial charge is 0.291 e. The average molecular weight is 411 g/mol. The summed E-state index contributed by atoms with van der Waals surface area (Å²) in [4.78, 5) is 21.4. The molecule has 5 rings (SSSR count). The third-order valence-corrected chi connectivity index (χ3v) is 4.70. The molecule has 1 amide bonds. The lowest BCUT2D eigenvalue weighted by Gasteiger charge is -2.10. The Kier molecular flexibility index (Phi) is 4.86. The van der Waals surface area contributed by atoms with Gasteiger partial charge in [0.1, 0.15) is 30.6 Å². The van der Waals surface area contributed by atoms with Crippen LogP contribution in [0.4, 0.5) is 5.69 Å². The van der Waals surface area contributed by atoms with E-state index in [-0.39, 0.29) is 12.4 Å². The number of ether oxygens (including phenoxy) is 1. The van der Waals surface area contributed by atoms with Crippen molar-refractivity contribution in [2.24, 2.45) is 0 Å². The second-order valence-corrected chi connectivity index (χ2v) is 6.68. The lowest BCUT2D eigenvalue weighted by atomic mass is 10.1. The number of aromatic nitrogens is 4. The van der Waals surface area contributed by atoms with E-state index in [1.165, 1.54) is 17.3 Å². The molecule has 3 heterocycles. The van der Waals surface area contributed by atoms with Crippen LogP contribution in [0.3, 0.4) is 0 Å². The Hall–Kier alpha value is -4.46. The minimum absolute atomic E-state index is 0.186. The zero-order valence-corrected chi connectivity index (χ0v) is 16.3. The molecule has 152 valence electrons. The van der Waals surface area contributed by atoms with E-state index >= 15 is 0 Å². The van der Waals surface area contributed by atoms with Crippen molar-refractivity contribution in [3.05, 3.63) is 96.9 Å². The van der Waals surface area contributed by atoms with Crippen LogP contribution >= 0.6 is 0 Å². The van der Waals surface area contributed by atoms with Gasteiger partial charge in [-0.15, -0.1) is 0 Å². The normalized spacial score (nSPS) is 10.8. The Balaban J connectivity index is 1.48. The van der Waals surface area contributed by atoms with Gasteiger partial charge in [-0.3, -0.25) is 4.79 Å². The molecule has 0 unspecified atom stereocenters. The highest BCUT2D eigenvalue weighted by Gasteiger charge is 2.22. The third-order valence-electron chi connectivity index (χ3n) is 4.70. The van der Waals surface area contributed by atoms with Crippen LogP contribution in [0.1, 0.15) is 16.1 Å². The summed E-state index contributed by atoms with van der Waals surface area (Å²) in [7, 11) is 0. The summed E-state index contributed by atoms with van der Waals surface area (Å²) in [6, 6.07) is 20.4. The van der Waals surface area contributed by atoms with Crippen molar-refractivity contribution >= 4 is 22.6 Å². The summed E-state index contributed by atoms with van der Waals surface area (Å²) in [5, 5.41) is 7.79. The molecule has 3 aromatic heterocycles. The van der Waals surface area contributed by atoms with Gasteiger partial charge in [0.2, 0.25) is 0 Å². The van der Waals surface area contributed by atoms with Crippen LogP contribution in [0, 0.1) is 0 Å². The maximum atomic E-state index is 13.2. The highest BCUT2D eigenvalue weighted by Crippen LogP contribution is 2.28. The molecule has 0 aliphatic rings. The zero-order valence-electron chi connectivity index (χ0n) is 16.3. The second kappa shape index (κ2) is 8.11. The monoisotopic (exact) mass is 411 g/mol. The highest BCUT2D eigenvalue weighted by molar-refractivity contribution is 6.07. The SMILES string of the molecule is O=C(Nc1cccnc1-n1cncn1)c1oc2ccccc2c1COc1ccccc1. The number of nitrogens with one attached hydrogen (secondary N) is 1. The van der Waals surface area contributed by atoms with Gasteiger partial charge >= 0.3 is 0 Å². The molecule has 0 aliphatic carbocycles. The molecular formula is C23H17N5O3. The molecule has 0 atom stereocenters. The van der Waals surface area contributed by atoms with Crippen molar-refractivity contribution in [2.45, 2.75) is 6.61 Å². The van der Waals surface area contributed by atoms with Gasteiger partial charge in [0.25, 0.3) is 5.91 Å². The molecule has 5 aromatic rings. The van der Waals surface area contributed by atoms with Gasteiger partial charge in [0, 0.05) is 17.1 Å². The summed E-state index contributed by atoms with van der Waals surface area (Å²) in [5.74, 6) is 0.939. The predicted octanol–water partition coefficient (Wildman–Crippen LogP) is 4.24. The molecule has 0 radical (unpaired) electrons. The summed E-state index contributed by atoms with van der Waals surface area (Å²) in [5.41, 5.74) is 1.76. The Labute approximate surface area is 177 Å². The first-order chi connectivity index (χ1) is 15.3. The minimum Gasteiger partial charge on any atom is -0.489 e. The van der Waals surface area contributed by atoms with Gasteiger partial charge in [-0.05, 0) is 30.3 Å². The van der Waals surface area contributed by atoms with Crippen molar-refractivity contribution in [1.82, 2.24) is 19.7 Å². The molecule has 0 saturated heterocycles. The number of benzene rings is 2. The van der Waals surface area contributed by atoms with Crippen LogP contribution < -0.4 is 10.1 Å². The summed E-state index contributed by atoms with van der Waals surface area (Å²) >= 11 is 0. The first kappa shape index (κ1) is 18.6. The second-order valence-electron chi connectivity index (χ2n) is 6.68. The molecule has 1 N–H and O–H groups in total. The molecule has 0 bridgehead atoms. The number of furan rings is 1. The number of para-hydroxylation sites is 2. The van der Waals surface area contributed by atoms with E-state index in [1.807, 2.05) is 54.6 Å². The van der Waals surface area contributed by atoms with Gasteiger partial charge in [-0.2, -0.15) is 5.10 Å². The fraction of sp³-hybridized carbons (Fsp3) is 0.0435. The van der Waals surface area contributed by atoms with Crippen LogP contribution in [-0.2, 0) is 6.61 Å². The summed E-state index contributed by atoms with van der Waals surface area (Å²) in [6.45, 7) is 0.187. The molecule has 0 spiro atoms. The van der Waals surface area contributed by atoms with Crippen LogP contribution in [0.15, 0.2) is 90.0 Å². The Morgan fingerprint density at radius 2 is 1.87 bits per heavy atom. The van der Waals surface area contributed by atoms with E-state index in [9.17, 15) is 4.79 Å². The quantitative estimate of drug-likeness (QED) is 0.449. The minimum atomic E-state index is -0.405. The molecule has 0 fully saturated rings. The van der Waals surface area contributed by atoms with E-state index in [2.05, 4.69) is 20.4 Å². The van der Waals surface area contributed by atoms with E-state index in [4.69, 9.17) is 9.15 Å². The Morgan fingerprint density at radius 1 is 1.03 bits per heavy atom. The van der Waals surface area contributed by atoms with Crippen molar-refractivity contribution in [3.63, 3.8) is 0 Å². The van der Waals surface area contributed by atoms with Crippen molar-refractivity contribution in [1.29, 1.82) is 0 Å². The van der Waals surface area contributed by atoms with Crippen molar-refractivity contribution in [3.8, 4) is 11.6 Å². The van der Waals surface area contributed by atoms with E-state index < -0.39 is 5.91 Å². The largest absolute Gasteiger partial charge is 0.489 e. The Bertz CT molecular complexity index is 1330. The predicted molar refractivity (Wildman–Crippen MR) is 114 cm³/mol. The number of hydrogen-bond acceptors (Lipinski definition) is 6. The maximum Gasteiger partial charge on any atom is 0.291 e. The van der Waals surface area contributed by atoms with Gasteiger partial charge in [-0.25, -0.2) is 14.6 Å². The zero-order chi connectivity index (χ0) is 21.0. The number of hydrogen-bond donors (Lipinski definition) is 1. The van der Waals surface area contributed by atoms with E-state index in [0.29, 0.717) is 28.4 Å². The first-order valence-electron chi connectivity index (χ1n) is 9.59. The van der Waals surface area contributed by atoms with Crippen molar-refractivity contribution in [2.75, 3.05) is 5.32 Å². The van der Waals surface area contributed by atoms with Gasteiger partial charge in [-0.1, -0.05) is 36.4 Å². The fourth-order valence-electron chi connectivity index (χ4n) is 3.27. The number of rotatable bonds is 6. The first-order valence-corrected chi connectivity index (χ1v) is 9.59. The number of amides is 1. The van der Waals surface area contributed by atoms with Crippen LogP contribution in [-0.4, -0.2) is 25.7 Å². The van der Waals surface area contributed by atoms with E-state index in [1.54, 1.807) is 18.3 Å². The van der Waals surface area contributed by atoms with Gasteiger partial charge in [0.05, 0.1) is 5.69 Å². The van der Waals surface area contributed by atoms with E-state index in [0.717, 1.165) is 5.39 Å². The number of carbonyl (C=O) groups is 1. The number of nitrogens with zero attached hydrogens (tertiary/aromatic N) is 4. The van der Waals surface area contributed by atoms with Crippen LogP contribution in [0.25, 0.3) is 16.8 Å². The lowest BCUT2D eigenvalue weighted by Crippen LogP contribution is -2.16. The molecule has 0 saturated carbocycles. The van der Waals surface area contributed by atoms with Gasteiger partial charge < -0.3 is 14.5 Å². The van der Waals surface area contributed by atoms with Crippen molar-refractivity contribution < 1.29 is 13.9 Å². The molecule has 0 aliphatic heterocycles. The topological polar surface area (TPSA) is 95.1 Å². The van der Waals surface area contributed by atoms with Gasteiger partial charge in [0.15, 0.2) is 11.6 Å². The standard InChI is InChI=1S/C23H17N5O3/c29-23(27-19-10-6-12-25-22(19)28-15-24-14-26-28)21-18(13-30-16-7-2-1-3-8-16)17-9-4-5-11-20(17)31-21/h1-12,14-15H,13H2,(H,27,29). The average Bonchev–Trinajstić information content (AvgIpc) is 3.47. The number of anilines is 1. The number of fused-ring (bicyclic) bond motifs is 1. The van der Waals surface area contributed by atoms with Crippen LogP contribution in [0.2, 0.25) is 0 Å². The fourth-order valence-corrected chi connectivity index (χ4v) is 3.27. The maximum absolute atomic E-state index is 13.2.